The topological polar surface area (TPSA) is 31.9 Å². The fourth-order valence-corrected chi connectivity index (χ4v) is 2.71. The van der Waals surface area contributed by atoms with E-state index < -0.39 is 0 Å². The van der Waals surface area contributed by atoms with Gasteiger partial charge in [0.15, 0.2) is 0 Å². The highest BCUT2D eigenvalue weighted by Crippen LogP contribution is 2.29. The molecule has 19 heavy (non-hydrogen) atoms. The Morgan fingerprint density at radius 3 is 3.11 bits per heavy atom. The molecule has 1 aromatic carbocycles. The maximum Gasteiger partial charge on any atom is 0.124 e. The van der Waals surface area contributed by atoms with Crippen molar-refractivity contribution in [2.75, 3.05) is 13.6 Å². The number of fused-ring (bicyclic) bond motifs is 1. The van der Waals surface area contributed by atoms with Crippen LogP contribution in [-0.2, 0) is 0 Å². The van der Waals surface area contributed by atoms with Gasteiger partial charge in [0.05, 0.1) is 17.1 Å². The number of nitrogens with one attached hydrogen (secondary N) is 1. The molecular weight excluding hydrogens is 234 g/mol. The predicted octanol–water partition coefficient (Wildman–Crippen LogP) is 3.09. The summed E-state index contributed by atoms with van der Waals surface area (Å²) in [5, 5.41) is 0. The smallest absolute Gasteiger partial charge is 0.124 e. The molecule has 0 spiro atoms. The van der Waals surface area contributed by atoms with Gasteiger partial charge in [-0.05, 0) is 44.6 Å². The lowest BCUT2D eigenvalue weighted by atomic mass is 10.2. The highest BCUT2D eigenvalue weighted by Gasteiger charge is 2.25. The number of imidazole rings is 1. The lowest BCUT2D eigenvalue weighted by molar-refractivity contribution is 0.307. The lowest BCUT2D eigenvalue weighted by Crippen LogP contribution is -2.18. The fraction of sp³-hybridized carbons (Fsp3) is 0.438. The third-order valence-corrected chi connectivity index (χ3v) is 3.75. The van der Waals surface area contributed by atoms with Crippen molar-refractivity contribution in [1.29, 1.82) is 0 Å². The van der Waals surface area contributed by atoms with Crippen LogP contribution in [0.25, 0.3) is 11.0 Å². The van der Waals surface area contributed by atoms with Crippen molar-refractivity contribution in [2.24, 2.45) is 0 Å². The van der Waals surface area contributed by atoms with E-state index >= 15 is 0 Å². The Hall–Kier alpha value is -1.79. The van der Waals surface area contributed by atoms with Crippen LogP contribution in [0.15, 0.2) is 18.2 Å². The molecule has 1 aliphatic heterocycles. The van der Waals surface area contributed by atoms with E-state index in [4.69, 9.17) is 4.98 Å². The molecular formula is C16H19N3. The lowest BCUT2D eigenvalue weighted by Gasteiger charge is -2.16. The van der Waals surface area contributed by atoms with Crippen molar-refractivity contribution in [2.45, 2.75) is 32.2 Å². The second kappa shape index (κ2) is 5.07. The number of H-pyrrole nitrogens is 1. The summed E-state index contributed by atoms with van der Waals surface area (Å²) in [6.45, 7) is 3.23. The molecule has 0 amide bonds. The van der Waals surface area contributed by atoms with E-state index in [1.54, 1.807) is 0 Å². The second-order valence-electron chi connectivity index (χ2n) is 5.15. The molecule has 3 nitrogen and oxygen atoms in total. The van der Waals surface area contributed by atoms with Gasteiger partial charge in [-0.2, -0.15) is 0 Å². The number of aromatic nitrogens is 2. The van der Waals surface area contributed by atoms with Gasteiger partial charge in [0.1, 0.15) is 5.82 Å². The van der Waals surface area contributed by atoms with Crippen LogP contribution in [0.1, 0.15) is 43.6 Å². The van der Waals surface area contributed by atoms with Crippen molar-refractivity contribution in [3.8, 4) is 11.8 Å². The summed E-state index contributed by atoms with van der Waals surface area (Å²) < 4.78 is 0. The normalized spacial score (nSPS) is 19.6. The highest BCUT2D eigenvalue weighted by atomic mass is 15.2. The summed E-state index contributed by atoms with van der Waals surface area (Å²) in [4.78, 5) is 10.6. The SMILES string of the molecule is CCC#Cc1ccc2nc(C3CCCN3C)[nH]c2c1. The number of hydrogen-bond donors (Lipinski definition) is 1. The third-order valence-electron chi connectivity index (χ3n) is 3.75. The van der Waals surface area contributed by atoms with Crippen LogP contribution in [-0.4, -0.2) is 28.5 Å². The van der Waals surface area contributed by atoms with Gasteiger partial charge >= 0.3 is 0 Å². The van der Waals surface area contributed by atoms with Gasteiger partial charge in [-0.25, -0.2) is 4.98 Å². The quantitative estimate of drug-likeness (QED) is 0.792. The maximum atomic E-state index is 4.72. The summed E-state index contributed by atoms with van der Waals surface area (Å²) in [5.41, 5.74) is 3.19. The van der Waals surface area contributed by atoms with E-state index in [0.717, 1.165) is 35.4 Å². The first kappa shape index (κ1) is 12.3. The van der Waals surface area contributed by atoms with Gasteiger partial charge in [-0.3, -0.25) is 4.90 Å². The third kappa shape index (κ3) is 2.36. The molecule has 1 aliphatic rings. The first-order valence-electron chi connectivity index (χ1n) is 6.96. The van der Waals surface area contributed by atoms with Gasteiger partial charge in [0, 0.05) is 12.0 Å². The molecule has 2 aromatic rings. The van der Waals surface area contributed by atoms with E-state index in [1.807, 2.05) is 6.07 Å². The molecule has 1 unspecified atom stereocenters. The van der Waals surface area contributed by atoms with Crippen LogP contribution in [0.3, 0.4) is 0 Å². The molecule has 98 valence electrons. The van der Waals surface area contributed by atoms with Crippen LogP contribution in [0.4, 0.5) is 0 Å². The van der Waals surface area contributed by atoms with Crippen molar-refractivity contribution < 1.29 is 0 Å². The van der Waals surface area contributed by atoms with E-state index in [0.29, 0.717) is 6.04 Å². The van der Waals surface area contributed by atoms with Crippen molar-refractivity contribution in [3.05, 3.63) is 29.6 Å². The summed E-state index contributed by atoms with van der Waals surface area (Å²) in [7, 11) is 2.17. The molecule has 1 atom stereocenters. The van der Waals surface area contributed by atoms with E-state index in [2.05, 4.69) is 47.8 Å². The molecule has 2 heterocycles. The number of aromatic amines is 1. The Morgan fingerprint density at radius 2 is 2.37 bits per heavy atom. The first-order valence-corrected chi connectivity index (χ1v) is 6.96. The zero-order valence-corrected chi connectivity index (χ0v) is 11.5. The van der Waals surface area contributed by atoms with E-state index in [9.17, 15) is 0 Å². The van der Waals surface area contributed by atoms with E-state index in [1.165, 1.54) is 12.8 Å². The Balaban J connectivity index is 1.96. The summed E-state index contributed by atoms with van der Waals surface area (Å²) >= 11 is 0. The Morgan fingerprint density at radius 1 is 1.47 bits per heavy atom. The van der Waals surface area contributed by atoms with Crippen LogP contribution in [0.2, 0.25) is 0 Å². The van der Waals surface area contributed by atoms with Crippen LogP contribution in [0, 0.1) is 11.8 Å². The number of nitrogens with zero attached hydrogens (tertiary/aromatic N) is 2. The summed E-state index contributed by atoms with van der Waals surface area (Å²) in [6.07, 6.45) is 3.34. The second-order valence-corrected chi connectivity index (χ2v) is 5.15. The molecule has 1 N–H and O–H groups in total. The van der Waals surface area contributed by atoms with Crippen molar-refractivity contribution >= 4 is 11.0 Å². The van der Waals surface area contributed by atoms with Gasteiger partial charge in [0.2, 0.25) is 0 Å². The molecule has 3 heteroatoms. The molecule has 0 aliphatic carbocycles. The minimum atomic E-state index is 0.442. The molecule has 3 rings (SSSR count). The van der Waals surface area contributed by atoms with Crippen molar-refractivity contribution in [1.82, 2.24) is 14.9 Å². The Bertz CT molecular complexity index is 645. The van der Waals surface area contributed by atoms with Crippen LogP contribution < -0.4 is 0 Å². The molecule has 0 bridgehead atoms. The summed E-state index contributed by atoms with van der Waals surface area (Å²) in [6, 6.07) is 6.65. The molecule has 0 saturated carbocycles. The van der Waals surface area contributed by atoms with Crippen LogP contribution in [0.5, 0.6) is 0 Å². The minimum Gasteiger partial charge on any atom is -0.341 e. The first-order chi connectivity index (χ1) is 9.28. The predicted molar refractivity (Wildman–Crippen MR) is 77.9 cm³/mol. The Kier molecular flexibility index (Phi) is 3.27. The Labute approximate surface area is 114 Å². The average Bonchev–Trinajstić information content (AvgIpc) is 3.01. The number of benzene rings is 1. The van der Waals surface area contributed by atoms with Crippen LogP contribution >= 0.6 is 0 Å². The summed E-state index contributed by atoms with van der Waals surface area (Å²) in [5.74, 6) is 7.36. The monoisotopic (exact) mass is 253 g/mol. The number of rotatable bonds is 1. The highest BCUT2D eigenvalue weighted by molar-refractivity contribution is 5.77. The van der Waals surface area contributed by atoms with Gasteiger partial charge in [-0.15, -0.1) is 0 Å². The van der Waals surface area contributed by atoms with E-state index in [-0.39, 0.29) is 0 Å². The number of hydrogen-bond acceptors (Lipinski definition) is 2. The molecule has 0 radical (unpaired) electrons. The molecule has 1 saturated heterocycles. The molecule has 1 aromatic heterocycles. The maximum absolute atomic E-state index is 4.72. The minimum absolute atomic E-state index is 0.442. The zero-order valence-electron chi connectivity index (χ0n) is 11.5. The van der Waals surface area contributed by atoms with Gasteiger partial charge < -0.3 is 4.98 Å². The average molecular weight is 253 g/mol. The van der Waals surface area contributed by atoms with Gasteiger partial charge in [0.25, 0.3) is 0 Å². The standard InChI is InChI=1S/C16H19N3/c1-3-4-6-12-8-9-13-14(11-12)18-16(17-13)15-7-5-10-19(15)2/h8-9,11,15H,3,5,7,10H2,1-2H3,(H,17,18). The fourth-order valence-electron chi connectivity index (χ4n) is 2.71. The van der Waals surface area contributed by atoms with Gasteiger partial charge in [-0.1, -0.05) is 18.8 Å². The molecule has 1 fully saturated rings. The largest absolute Gasteiger partial charge is 0.341 e. The zero-order chi connectivity index (χ0) is 13.2. The number of likely N-dealkylation sites (tertiary alicyclic amines) is 1. The van der Waals surface area contributed by atoms with Crippen molar-refractivity contribution in [3.63, 3.8) is 0 Å².